The Morgan fingerprint density at radius 2 is 2.13 bits per heavy atom. The minimum atomic E-state index is 0.209. The van der Waals surface area contributed by atoms with Gasteiger partial charge in [0.2, 0.25) is 0 Å². The first-order chi connectivity index (χ1) is 7.16. The number of benzene rings is 1. The van der Waals surface area contributed by atoms with E-state index in [1.807, 2.05) is 28.7 Å². The third kappa shape index (κ3) is 2.17. The second-order valence-corrected chi connectivity index (χ2v) is 4.00. The van der Waals surface area contributed by atoms with Gasteiger partial charge in [0.25, 0.3) is 0 Å². The third-order valence-corrected chi connectivity index (χ3v) is 2.69. The van der Waals surface area contributed by atoms with Crippen LogP contribution in [0.25, 0.3) is 11.3 Å². The number of nitrogen functional groups attached to an aromatic ring is 1. The summed E-state index contributed by atoms with van der Waals surface area (Å²) in [5.41, 5.74) is 7.08. The molecule has 0 radical (unpaired) electrons. The lowest BCUT2D eigenvalue weighted by molar-refractivity contribution is 0.475. The summed E-state index contributed by atoms with van der Waals surface area (Å²) >= 11 is 2.02. The Hall–Kier alpha value is -1.37. The zero-order valence-corrected chi connectivity index (χ0v) is 9.84. The van der Waals surface area contributed by atoms with Crippen LogP contribution in [0.3, 0.4) is 0 Å². The molecule has 0 saturated carbocycles. The van der Waals surface area contributed by atoms with E-state index in [9.17, 15) is 5.11 Å². The predicted octanol–water partition coefficient (Wildman–Crippen LogP) is 2.04. The molecule has 0 aliphatic carbocycles. The van der Waals surface area contributed by atoms with Gasteiger partial charge in [0.15, 0.2) is 5.82 Å². The van der Waals surface area contributed by atoms with E-state index in [1.54, 1.807) is 24.4 Å². The van der Waals surface area contributed by atoms with E-state index in [0.717, 1.165) is 5.56 Å². The van der Waals surface area contributed by atoms with Crippen molar-refractivity contribution in [3.05, 3.63) is 34.2 Å². The summed E-state index contributed by atoms with van der Waals surface area (Å²) in [6.07, 6.45) is 1.59. The summed E-state index contributed by atoms with van der Waals surface area (Å²) in [7, 11) is 0. The van der Waals surface area contributed by atoms with Crippen molar-refractivity contribution in [3.8, 4) is 17.0 Å². The van der Waals surface area contributed by atoms with Gasteiger partial charge in [-0.1, -0.05) is 12.1 Å². The smallest absolute Gasteiger partial charge is 0.155 e. The molecule has 0 spiro atoms. The number of aromatic nitrogens is 2. The number of halogens is 1. The van der Waals surface area contributed by atoms with Crippen LogP contribution in [0.5, 0.6) is 5.75 Å². The highest BCUT2D eigenvalue weighted by Gasteiger charge is 2.04. The van der Waals surface area contributed by atoms with Crippen molar-refractivity contribution < 1.29 is 5.11 Å². The quantitative estimate of drug-likeness (QED) is 0.790. The molecule has 4 nitrogen and oxygen atoms in total. The highest BCUT2D eigenvalue weighted by molar-refractivity contribution is 14.1. The number of anilines is 1. The van der Waals surface area contributed by atoms with Gasteiger partial charge in [-0.3, -0.25) is 0 Å². The van der Waals surface area contributed by atoms with Gasteiger partial charge in [0, 0.05) is 5.56 Å². The van der Waals surface area contributed by atoms with E-state index in [-0.39, 0.29) is 5.75 Å². The molecular weight excluding hydrogens is 305 g/mol. The largest absolute Gasteiger partial charge is 0.508 e. The number of phenols is 1. The first-order valence-electron chi connectivity index (χ1n) is 4.24. The van der Waals surface area contributed by atoms with Crippen molar-refractivity contribution in [2.75, 3.05) is 5.73 Å². The molecule has 0 atom stereocenters. The van der Waals surface area contributed by atoms with Crippen LogP contribution >= 0.6 is 22.6 Å². The van der Waals surface area contributed by atoms with Crippen LogP contribution in [0.4, 0.5) is 5.82 Å². The summed E-state index contributed by atoms with van der Waals surface area (Å²) in [6, 6.07) is 6.86. The monoisotopic (exact) mass is 313 g/mol. The van der Waals surface area contributed by atoms with Crippen LogP contribution in [-0.4, -0.2) is 15.1 Å². The fourth-order valence-electron chi connectivity index (χ4n) is 1.18. The van der Waals surface area contributed by atoms with Gasteiger partial charge in [-0.15, -0.1) is 0 Å². The van der Waals surface area contributed by atoms with Crippen LogP contribution in [0, 0.1) is 3.70 Å². The zero-order valence-electron chi connectivity index (χ0n) is 7.68. The Labute approximate surface area is 100 Å². The molecule has 0 aliphatic heterocycles. The molecule has 2 rings (SSSR count). The maximum Gasteiger partial charge on any atom is 0.155 e. The van der Waals surface area contributed by atoms with E-state index in [4.69, 9.17) is 5.73 Å². The minimum Gasteiger partial charge on any atom is -0.508 e. The Morgan fingerprint density at radius 3 is 2.80 bits per heavy atom. The van der Waals surface area contributed by atoms with E-state index in [0.29, 0.717) is 15.2 Å². The molecule has 2 aromatic rings. The molecule has 0 saturated heterocycles. The average Bonchev–Trinajstić information content (AvgIpc) is 2.22. The van der Waals surface area contributed by atoms with Gasteiger partial charge in [-0.25, -0.2) is 9.97 Å². The number of rotatable bonds is 1. The molecule has 1 aromatic heterocycles. The van der Waals surface area contributed by atoms with Crippen molar-refractivity contribution in [3.63, 3.8) is 0 Å². The Morgan fingerprint density at radius 1 is 1.33 bits per heavy atom. The average molecular weight is 313 g/mol. The second kappa shape index (κ2) is 4.01. The van der Waals surface area contributed by atoms with Gasteiger partial charge in [-0.05, 0) is 34.7 Å². The Bertz CT molecular complexity index is 502. The fourth-order valence-corrected chi connectivity index (χ4v) is 1.58. The SMILES string of the molecule is Nc1ncc(-c2cccc(O)c2)nc1I. The highest BCUT2D eigenvalue weighted by atomic mass is 127. The molecule has 3 N–H and O–H groups in total. The van der Waals surface area contributed by atoms with Crippen LogP contribution < -0.4 is 5.73 Å². The van der Waals surface area contributed by atoms with Crippen LogP contribution in [0.15, 0.2) is 30.5 Å². The van der Waals surface area contributed by atoms with E-state index < -0.39 is 0 Å². The maximum atomic E-state index is 9.32. The summed E-state index contributed by atoms with van der Waals surface area (Å²) < 4.78 is 0.661. The Kier molecular flexibility index (Phi) is 2.72. The molecule has 1 heterocycles. The lowest BCUT2D eigenvalue weighted by atomic mass is 10.1. The number of nitrogens with two attached hydrogens (primary N) is 1. The first kappa shape index (κ1) is 10.2. The summed E-state index contributed by atoms with van der Waals surface area (Å²) in [4.78, 5) is 8.28. The summed E-state index contributed by atoms with van der Waals surface area (Å²) in [6.45, 7) is 0. The lowest BCUT2D eigenvalue weighted by Gasteiger charge is -2.02. The molecule has 0 fully saturated rings. The summed E-state index contributed by atoms with van der Waals surface area (Å²) in [5.74, 6) is 0.626. The van der Waals surface area contributed by atoms with Gasteiger partial charge >= 0.3 is 0 Å². The number of aromatic hydroxyl groups is 1. The van der Waals surface area contributed by atoms with Crippen molar-refractivity contribution in [1.29, 1.82) is 0 Å². The van der Waals surface area contributed by atoms with Gasteiger partial charge in [0.05, 0.1) is 11.9 Å². The normalized spacial score (nSPS) is 10.2. The molecule has 0 amide bonds. The molecule has 76 valence electrons. The van der Waals surface area contributed by atoms with Crippen LogP contribution in [-0.2, 0) is 0 Å². The molecule has 0 unspecified atom stereocenters. The standard InChI is InChI=1S/C10H8IN3O/c11-9-10(12)13-5-8(14-9)6-2-1-3-7(15)4-6/h1-5,15H,(H2,12,13). The fraction of sp³-hybridized carbons (Fsp3) is 0. The van der Waals surface area contributed by atoms with Gasteiger partial charge < -0.3 is 10.8 Å². The molecule has 0 bridgehead atoms. The number of nitrogens with zero attached hydrogens (tertiary/aromatic N) is 2. The zero-order chi connectivity index (χ0) is 10.8. The minimum absolute atomic E-state index is 0.209. The first-order valence-corrected chi connectivity index (χ1v) is 5.32. The van der Waals surface area contributed by atoms with Crippen molar-refractivity contribution in [1.82, 2.24) is 9.97 Å². The highest BCUT2D eigenvalue weighted by Crippen LogP contribution is 2.22. The number of hydrogen-bond donors (Lipinski definition) is 2. The molecule has 5 heteroatoms. The molecule has 1 aromatic carbocycles. The topological polar surface area (TPSA) is 72.0 Å². The third-order valence-electron chi connectivity index (χ3n) is 1.90. The maximum absolute atomic E-state index is 9.32. The van der Waals surface area contributed by atoms with Gasteiger partial charge in [-0.2, -0.15) is 0 Å². The van der Waals surface area contributed by atoms with E-state index in [1.165, 1.54) is 0 Å². The van der Waals surface area contributed by atoms with Crippen molar-refractivity contribution in [2.45, 2.75) is 0 Å². The number of phenolic OH excluding ortho intramolecular Hbond substituents is 1. The van der Waals surface area contributed by atoms with E-state index >= 15 is 0 Å². The van der Waals surface area contributed by atoms with Crippen LogP contribution in [0.2, 0.25) is 0 Å². The van der Waals surface area contributed by atoms with Crippen LogP contribution in [0.1, 0.15) is 0 Å². The molecule has 0 aliphatic rings. The van der Waals surface area contributed by atoms with Crippen molar-refractivity contribution >= 4 is 28.4 Å². The van der Waals surface area contributed by atoms with Gasteiger partial charge in [0.1, 0.15) is 9.45 Å². The number of hydrogen-bond acceptors (Lipinski definition) is 4. The molecule has 15 heavy (non-hydrogen) atoms. The lowest BCUT2D eigenvalue weighted by Crippen LogP contribution is -1.97. The summed E-state index contributed by atoms with van der Waals surface area (Å²) in [5, 5.41) is 9.32. The predicted molar refractivity (Wildman–Crippen MR) is 66.3 cm³/mol. The Balaban J connectivity index is 2.50. The van der Waals surface area contributed by atoms with Crippen molar-refractivity contribution in [2.24, 2.45) is 0 Å². The molecular formula is C10H8IN3O. The second-order valence-electron chi connectivity index (χ2n) is 2.98. The van der Waals surface area contributed by atoms with E-state index in [2.05, 4.69) is 9.97 Å².